The Kier molecular flexibility index (Phi) is 3.43. The van der Waals surface area contributed by atoms with Crippen LogP contribution >= 0.6 is 11.6 Å². The Labute approximate surface area is 117 Å². The molecule has 1 aliphatic rings. The largest absolute Gasteiger partial charge is 0.376 e. The van der Waals surface area contributed by atoms with Crippen LogP contribution in [0.3, 0.4) is 0 Å². The first-order chi connectivity index (χ1) is 9.25. The molecule has 1 saturated carbocycles. The summed E-state index contributed by atoms with van der Waals surface area (Å²) in [4.78, 5) is 0. The molecule has 3 rings (SSSR count). The van der Waals surface area contributed by atoms with Crippen molar-refractivity contribution in [1.29, 1.82) is 0 Å². The molecule has 0 spiro atoms. The van der Waals surface area contributed by atoms with Crippen molar-refractivity contribution in [1.82, 2.24) is 0 Å². The normalized spacial score (nSPS) is 16.1. The first-order valence-electron chi connectivity index (χ1n) is 6.51. The van der Waals surface area contributed by atoms with Crippen molar-refractivity contribution in [3.8, 4) is 0 Å². The van der Waals surface area contributed by atoms with Gasteiger partial charge in [0.25, 0.3) is 0 Å². The van der Waals surface area contributed by atoms with E-state index in [1.54, 1.807) is 18.2 Å². The second-order valence-corrected chi connectivity index (χ2v) is 5.38. The van der Waals surface area contributed by atoms with E-state index in [1.807, 2.05) is 18.2 Å². The zero-order valence-corrected chi connectivity index (χ0v) is 11.2. The number of anilines is 1. The van der Waals surface area contributed by atoms with Crippen LogP contribution in [0.1, 0.15) is 24.4 Å². The van der Waals surface area contributed by atoms with Crippen LogP contribution in [0.2, 0.25) is 5.02 Å². The van der Waals surface area contributed by atoms with E-state index in [-0.39, 0.29) is 16.9 Å². The van der Waals surface area contributed by atoms with Gasteiger partial charge in [-0.3, -0.25) is 0 Å². The summed E-state index contributed by atoms with van der Waals surface area (Å²) in [5.74, 6) is 0.214. The standard InChI is InChI=1S/C16H15ClFN/c17-13-7-4-8-14(15(13)18)19-16(12-9-10-12)11-5-2-1-3-6-11/h1-8,12,16,19H,9-10H2. The van der Waals surface area contributed by atoms with Crippen molar-refractivity contribution in [2.24, 2.45) is 5.92 Å². The van der Waals surface area contributed by atoms with Gasteiger partial charge in [-0.05, 0) is 36.5 Å². The Bertz CT molecular complexity index is 566. The van der Waals surface area contributed by atoms with Gasteiger partial charge in [0.05, 0.1) is 16.8 Å². The van der Waals surface area contributed by atoms with Gasteiger partial charge in [-0.15, -0.1) is 0 Å². The molecule has 0 aromatic heterocycles. The predicted molar refractivity (Wildman–Crippen MR) is 76.9 cm³/mol. The van der Waals surface area contributed by atoms with E-state index in [0.29, 0.717) is 11.6 Å². The first-order valence-corrected chi connectivity index (χ1v) is 6.89. The summed E-state index contributed by atoms with van der Waals surface area (Å²) in [7, 11) is 0. The Hall–Kier alpha value is -1.54. The van der Waals surface area contributed by atoms with Crippen LogP contribution < -0.4 is 5.32 Å². The third-order valence-electron chi connectivity index (χ3n) is 3.51. The van der Waals surface area contributed by atoms with E-state index in [9.17, 15) is 4.39 Å². The minimum Gasteiger partial charge on any atom is -0.376 e. The molecule has 1 nitrogen and oxygen atoms in total. The van der Waals surface area contributed by atoms with Crippen LogP contribution in [0, 0.1) is 11.7 Å². The molecule has 0 amide bonds. The topological polar surface area (TPSA) is 12.0 Å². The van der Waals surface area contributed by atoms with Gasteiger partial charge in [-0.1, -0.05) is 48.0 Å². The fourth-order valence-electron chi connectivity index (χ4n) is 2.35. The van der Waals surface area contributed by atoms with Gasteiger partial charge in [-0.2, -0.15) is 0 Å². The molecule has 1 atom stereocenters. The second kappa shape index (κ2) is 5.22. The molecule has 0 saturated heterocycles. The SMILES string of the molecule is Fc1c(Cl)cccc1NC(c1ccccc1)C1CC1. The molecule has 0 bridgehead atoms. The summed E-state index contributed by atoms with van der Waals surface area (Å²) in [6, 6.07) is 15.4. The average molecular weight is 276 g/mol. The molecule has 2 aromatic carbocycles. The molecule has 1 fully saturated rings. The van der Waals surface area contributed by atoms with E-state index >= 15 is 0 Å². The monoisotopic (exact) mass is 275 g/mol. The van der Waals surface area contributed by atoms with Gasteiger partial charge >= 0.3 is 0 Å². The fourth-order valence-corrected chi connectivity index (χ4v) is 2.52. The number of benzene rings is 2. The van der Waals surface area contributed by atoms with Crippen molar-refractivity contribution in [2.75, 3.05) is 5.32 Å². The maximum absolute atomic E-state index is 14.0. The Morgan fingerprint density at radius 2 is 1.79 bits per heavy atom. The fraction of sp³-hybridized carbons (Fsp3) is 0.250. The minimum absolute atomic E-state index is 0.160. The highest BCUT2D eigenvalue weighted by Gasteiger charge is 2.32. The van der Waals surface area contributed by atoms with E-state index in [4.69, 9.17) is 11.6 Å². The number of rotatable bonds is 4. The molecule has 0 heterocycles. The van der Waals surface area contributed by atoms with Crippen LogP contribution in [-0.2, 0) is 0 Å². The van der Waals surface area contributed by atoms with Gasteiger partial charge in [0.2, 0.25) is 0 Å². The van der Waals surface area contributed by atoms with Crippen LogP contribution in [-0.4, -0.2) is 0 Å². The molecular weight excluding hydrogens is 261 g/mol. The summed E-state index contributed by atoms with van der Waals surface area (Å²) in [5, 5.41) is 3.47. The zero-order chi connectivity index (χ0) is 13.2. The number of hydrogen-bond donors (Lipinski definition) is 1. The molecule has 2 aromatic rings. The Morgan fingerprint density at radius 1 is 1.05 bits per heavy atom. The average Bonchev–Trinajstić information content (AvgIpc) is 3.26. The number of hydrogen-bond acceptors (Lipinski definition) is 1. The minimum atomic E-state index is -0.370. The van der Waals surface area contributed by atoms with Gasteiger partial charge in [0.1, 0.15) is 0 Å². The smallest absolute Gasteiger partial charge is 0.164 e. The van der Waals surface area contributed by atoms with Crippen molar-refractivity contribution in [3.63, 3.8) is 0 Å². The maximum atomic E-state index is 14.0. The molecule has 1 unspecified atom stereocenters. The highest BCUT2D eigenvalue weighted by Crippen LogP contribution is 2.43. The Balaban J connectivity index is 1.88. The molecule has 1 N–H and O–H groups in total. The van der Waals surface area contributed by atoms with Crippen LogP contribution in [0.5, 0.6) is 0 Å². The predicted octanol–water partition coefficient (Wildman–Crippen LogP) is 5.04. The van der Waals surface area contributed by atoms with Crippen molar-refractivity contribution in [2.45, 2.75) is 18.9 Å². The lowest BCUT2D eigenvalue weighted by atomic mass is 10.0. The third kappa shape index (κ3) is 2.74. The number of nitrogens with one attached hydrogen (secondary N) is 1. The van der Waals surface area contributed by atoms with E-state index in [2.05, 4.69) is 17.4 Å². The summed E-state index contributed by atoms with van der Waals surface area (Å²) in [6.07, 6.45) is 2.38. The third-order valence-corrected chi connectivity index (χ3v) is 3.81. The second-order valence-electron chi connectivity index (χ2n) is 4.97. The number of halogens is 2. The summed E-state index contributed by atoms with van der Waals surface area (Å²) in [5.41, 5.74) is 1.68. The summed E-state index contributed by atoms with van der Waals surface area (Å²) >= 11 is 5.82. The summed E-state index contributed by atoms with van der Waals surface area (Å²) in [6.45, 7) is 0. The Morgan fingerprint density at radius 3 is 2.47 bits per heavy atom. The summed E-state index contributed by atoms with van der Waals surface area (Å²) < 4.78 is 14.0. The van der Waals surface area contributed by atoms with Gasteiger partial charge in [0.15, 0.2) is 5.82 Å². The zero-order valence-electron chi connectivity index (χ0n) is 10.4. The van der Waals surface area contributed by atoms with E-state index in [1.165, 1.54) is 18.4 Å². The van der Waals surface area contributed by atoms with E-state index in [0.717, 1.165) is 0 Å². The molecule has 19 heavy (non-hydrogen) atoms. The maximum Gasteiger partial charge on any atom is 0.164 e. The van der Waals surface area contributed by atoms with Crippen molar-refractivity contribution >= 4 is 17.3 Å². The van der Waals surface area contributed by atoms with Gasteiger partial charge in [0, 0.05) is 0 Å². The first kappa shape index (κ1) is 12.5. The van der Waals surface area contributed by atoms with Gasteiger partial charge < -0.3 is 5.32 Å². The van der Waals surface area contributed by atoms with Crippen LogP contribution in [0.4, 0.5) is 10.1 Å². The van der Waals surface area contributed by atoms with Crippen molar-refractivity contribution < 1.29 is 4.39 Å². The molecule has 0 radical (unpaired) electrons. The lowest BCUT2D eigenvalue weighted by Crippen LogP contribution is -2.13. The quantitative estimate of drug-likeness (QED) is 0.824. The molecule has 3 heteroatoms. The lowest BCUT2D eigenvalue weighted by molar-refractivity contribution is 0.617. The highest BCUT2D eigenvalue weighted by molar-refractivity contribution is 6.31. The van der Waals surface area contributed by atoms with Gasteiger partial charge in [-0.25, -0.2) is 4.39 Å². The molecule has 0 aliphatic heterocycles. The van der Waals surface area contributed by atoms with Crippen LogP contribution in [0.25, 0.3) is 0 Å². The van der Waals surface area contributed by atoms with Crippen LogP contribution in [0.15, 0.2) is 48.5 Å². The molecule has 98 valence electrons. The molecular formula is C16H15ClFN. The highest BCUT2D eigenvalue weighted by atomic mass is 35.5. The van der Waals surface area contributed by atoms with Crippen molar-refractivity contribution in [3.05, 3.63) is 64.9 Å². The van der Waals surface area contributed by atoms with E-state index < -0.39 is 0 Å². The lowest BCUT2D eigenvalue weighted by Gasteiger charge is -2.20. The molecule has 1 aliphatic carbocycles.